The van der Waals surface area contributed by atoms with Gasteiger partial charge in [0.1, 0.15) is 11.5 Å². The quantitative estimate of drug-likeness (QED) is 0.679. The third-order valence-electron chi connectivity index (χ3n) is 2.33. The summed E-state index contributed by atoms with van der Waals surface area (Å²) in [5, 5.41) is 17.8. The lowest BCUT2D eigenvalue weighted by Crippen LogP contribution is -2.03. The van der Waals surface area contributed by atoms with E-state index in [4.69, 9.17) is 15.9 Å². The maximum atomic E-state index is 10.6. The summed E-state index contributed by atoms with van der Waals surface area (Å²) in [6.45, 7) is -0.159. The van der Waals surface area contributed by atoms with E-state index in [0.29, 0.717) is 22.7 Å². The normalized spacial score (nSPS) is 10.8. The van der Waals surface area contributed by atoms with Gasteiger partial charge in [-0.3, -0.25) is 9.20 Å². The molecule has 0 atom stereocenters. The molecule has 0 saturated heterocycles. The number of hydrogen-bond donors (Lipinski definition) is 3. The molecule has 2 aromatic heterocycles. The molecular weight excluding hydrogens is 210 g/mol. The predicted octanol–water partition coefficient (Wildman–Crippen LogP) is 0.0359. The number of nitrogens with two attached hydrogens (primary N) is 1. The molecule has 0 spiro atoms. The molecule has 84 valence electrons. The van der Waals surface area contributed by atoms with Gasteiger partial charge in [-0.1, -0.05) is 6.07 Å². The molecule has 0 radical (unpaired) electrons. The van der Waals surface area contributed by atoms with Gasteiger partial charge in [0.05, 0.1) is 18.7 Å². The minimum Gasteiger partial charge on any atom is -0.481 e. The van der Waals surface area contributed by atoms with E-state index >= 15 is 0 Å². The zero-order chi connectivity index (χ0) is 11.7. The second-order valence-corrected chi connectivity index (χ2v) is 3.40. The number of imidazole rings is 1. The molecule has 0 aliphatic carbocycles. The number of aliphatic hydroxyl groups excluding tert-OH is 1. The van der Waals surface area contributed by atoms with Crippen LogP contribution < -0.4 is 5.73 Å². The lowest BCUT2D eigenvalue weighted by atomic mass is 10.3. The maximum Gasteiger partial charge on any atom is 0.309 e. The van der Waals surface area contributed by atoms with Gasteiger partial charge < -0.3 is 15.9 Å². The molecule has 16 heavy (non-hydrogen) atoms. The van der Waals surface area contributed by atoms with Gasteiger partial charge in [0, 0.05) is 11.8 Å². The molecule has 2 aromatic rings. The highest BCUT2D eigenvalue weighted by Gasteiger charge is 2.13. The first-order valence-corrected chi connectivity index (χ1v) is 4.70. The number of fused-ring (bicyclic) bond motifs is 1. The molecule has 0 aliphatic heterocycles. The number of pyridine rings is 1. The highest BCUT2D eigenvalue weighted by atomic mass is 16.4. The molecular formula is C10H11N3O3. The second kappa shape index (κ2) is 3.82. The molecule has 0 amide bonds. The van der Waals surface area contributed by atoms with Crippen molar-refractivity contribution in [2.45, 2.75) is 13.0 Å². The molecule has 6 nitrogen and oxygen atoms in total. The minimum absolute atomic E-state index is 0.159. The van der Waals surface area contributed by atoms with Crippen molar-refractivity contribution in [3.63, 3.8) is 0 Å². The Bertz CT molecular complexity index is 547. The lowest BCUT2D eigenvalue weighted by molar-refractivity contribution is -0.136. The summed E-state index contributed by atoms with van der Waals surface area (Å²) >= 11 is 0. The van der Waals surface area contributed by atoms with Gasteiger partial charge >= 0.3 is 5.97 Å². The van der Waals surface area contributed by atoms with Crippen LogP contribution in [0.25, 0.3) is 5.65 Å². The van der Waals surface area contributed by atoms with Crippen molar-refractivity contribution < 1.29 is 15.0 Å². The number of nitrogen functional groups attached to an aromatic ring is 1. The van der Waals surface area contributed by atoms with Crippen LogP contribution in [0.3, 0.4) is 0 Å². The van der Waals surface area contributed by atoms with Gasteiger partial charge in [-0.15, -0.1) is 0 Å². The molecule has 6 heteroatoms. The minimum atomic E-state index is -0.986. The largest absolute Gasteiger partial charge is 0.481 e. The van der Waals surface area contributed by atoms with E-state index in [0.717, 1.165) is 0 Å². The summed E-state index contributed by atoms with van der Waals surface area (Å²) < 4.78 is 1.57. The van der Waals surface area contributed by atoms with Crippen LogP contribution >= 0.6 is 0 Å². The van der Waals surface area contributed by atoms with Crippen LogP contribution in [0.15, 0.2) is 18.3 Å². The molecule has 0 fully saturated rings. The molecule has 2 heterocycles. The summed E-state index contributed by atoms with van der Waals surface area (Å²) in [6.07, 6.45) is 1.46. The predicted molar refractivity (Wildman–Crippen MR) is 56.9 cm³/mol. The molecule has 4 N–H and O–H groups in total. The van der Waals surface area contributed by atoms with Crippen molar-refractivity contribution in [2.75, 3.05) is 5.73 Å². The molecule has 0 aromatic carbocycles. The number of anilines is 1. The Hall–Kier alpha value is -2.08. The highest BCUT2D eigenvalue weighted by molar-refractivity contribution is 5.72. The number of carbonyl (C=O) groups is 1. The van der Waals surface area contributed by atoms with E-state index in [9.17, 15) is 4.79 Å². The Labute approximate surface area is 91.0 Å². The third-order valence-corrected chi connectivity index (χ3v) is 2.33. The van der Waals surface area contributed by atoms with E-state index in [-0.39, 0.29) is 13.0 Å². The number of aliphatic hydroxyl groups is 1. The van der Waals surface area contributed by atoms with Gasteiger partial charge in [0.2, 0.25) is 0 Å². The number of carboxylic acids is 1. The van der Waals surface area contributed by atoms with Crippen LogP contribution in [0.2, 0.25) is 0 Å². The zero-order valence-electron chi connectivity index (χ0n) is 8.42. The Morgan fingerprint density at radius 1 is 1.56 bits per heavy atom. The van der Waals surface area contributed by atoms with Crippen LogP contribution in [0.1, 0.15) is 11.3 Å². The van der Waals surface area contributed by atoms with Crippen LogP contribution in [0.4, 0.5) is 5.82 Å². The van der Waals surface area contributed by atoms with E-state index in [2.05, 4.69) is 4.98 Å². The maximum absolute atomic E-state index is 10.6. The van der Waals surface area contributed by atoms with Crippen LogP contribution in [0, 0.1) is 0 Å². The number of aromatic nitrogens is 2. The fourth-order valence-corrected chi connectivity index (χ4v) is 1.59. The average Bonchev–Trinajstić information content (AvgIpc) is 2.55. The molecule has 0 unspecified atom stereocenters. The first-order valence-electron chi connectivity index (χ1n) is 4.70. The van der Waals surface area contributed by atoms with Gasteiger partial charge in [-0.2, -0.15) is 0 Å². The molecule has 0 aliphatic rings. The van der Waals surface area contributed by atoms with Gasteiger partial charge in [0.25, 0.3) is 0 Å². The van der Waals surface area contributed by atoms with Crippen LogP contribution in [-0.2, 0) is 17.8 Å². The first-order chi connectivity index (χ1) is 7.63. The molecule has 2 rings (SSSR count). The van der Waals surface area contributed by atoms with Gasteiger partial charge in [-0.05, 0) is 6.07 Å². The van der Waals surface area contributed by atoms with Crippen molar-refractivity contribution in [3.05, 3.63) is 29.6 Å². The summed E-state index contributed by atoms with van der Waals surface area (Å²) in [7, 11) is 0. The summed E-state index contributed by atoms with van der Waals surface area (Å²) in [6, 6.07) is 3.44. The fraction of sp³-hybridized carbons (Fsp3) is 0.200. The Morgan fingerprint density at radius 3 is 2.94 bits per heavy atom. The van der Waals surface area contributed by atoms with Crippen molar-refractivity contribution in [1.29, 1.82) is 0 Å². The standard InChI is InChI=1S/C10H11N3O3/c11-9-7(4-8(15)16)12-10-6(5-14)2-1-3-13(9)10/h1-3,14H,4-5,11H2,(H,15,16). The van der Waals surface area contributed by atoms with Crippen molar-refractivity contribution in [3.8, 4) is 0 Å². The topological polar surface area (TPSA) is 101 Å². The van der Waals surface area contributed by atoms with Crippen LogP contribution in [-0.4, -0.2) is 25.6 Å². The summed E-state index contributed by atoms with van der Waals surface area (Å²) in [5.74, 6) is -0.687. The lowest BCUT2D eigenvalue weighted by Gasteiger charge is -1.99. The Kier molecular flexibility index (Phi) is 2.49. The highest BCUT2D eigenvalue weighted by Crippen LogP contribution is 2.18. The van der Waals surface area contributed by atoms with E-state index in [1.54, 1.807) is 22.7 Å². The van der Waals surface area contributed by atoms with Crippen molar-refractivity contribution in [2.24, 2.45) is 0 Å². The average molecular weight is 221 g/mol. The number of aliphatic carboxylic acids is 1. The second-order valence-electron chi connectivity index (χ2n) is 3.40. The van der Waals surface area contributed by atoms with Gasteiger partial charge in [0.15, 0.2) is 0 Å². The van der Waals surface area contributed by atoms with Crippen molar-refractivity contribution >= 4 is 17.4 Å². The monoisotopic (exact) mass is 221 g/mol. The number of rotatable bonds is 3. The fourth-order valence-electron chi connectivity index (χ4n) is 1.59. The van der Waals surface area contributed by atoms with E-state index < -0.39 is 5.97 Å². The number of hydrogen-bond acceptors (Lipinski definition) is 4. The molecule has 0 bridgehead atoms. The zero-order valence-corrected chi connectivity index (χ0v) is 8.42. The molecule has 0 saturated carbocycles. The summed E-state index contributed by atoms with van der Waals surface area (Å²) in [5.41, 5.74) is 7.20. The SMILES string of the molecule is Nc1c(CC(=O)O)nc2c(CO)cccn12. The van der Waals surface area contributed by atoms with E-state index in [1.165, 1.54) is 0 Å². The van der Waals surface area contributed by atoms with Crippen LogP contribution in [0.5, 0.6) is 0 Å². The number of carboxylic acid groups (broad SMARTS) is 1. The first kappa shape index (κ1) is 10.4. The smallest absolute Gasteiger partial charge is 0.309 e. The third kappa shape index (κ3) is 1.59. The number of nitrogens with zero attached hydrogens (tertiary/aromatic N) is 2. The Morgan fingerprint density at radius 2 is 2.31 bits per heavy atom. The van der Waals surface area contributed by atoms with Crippen molar-refractivity contribution in [1.82, 2.24) is 9.38 Å². The van der Waals surface area contributed by atoms with E-state index in [1.807, 2.05) is 0 Å². The Balaban J connectivity index is 2.62. The van der Waals surface area contributed by atoms with Gasteiger partial charge in [-0.25, -0.2) is 4.98 Å². The summed E-state index contributed by atoms with van der Waals surface area (Å²) in [4.78, 5) is 14.7.